The number of aryl methyl sites for hydroxylation is 1. The van der Waals surface area contributed by atoms with Crippen molar-refractivity contribution in [1.29, 1.82) is 0 Å². The maximum Gasteiger partial charge on any atom is 0.277 e. The Morgan fingerprint density at radius 1 is 1.10 bits per heavy atom. The topological polar surface area (TPSA) is 46.5 Å². The van der Waals surface area contributed by atoms with Gasteiger partial charge in [-0.25, -0.2) is 4.99 Å². The van der Waals surface area contributed by atoms with Gasteiger partial charge in [0.1, 0.15) is 0 Å². The molecule has 0 fully saturated rings. The summed E-state index contributed by atoms with van der Waals surface area (Å²) in [7, 11) is 0. The van der Waals surface area contributed by atoms with Crippen LogP contribution >= 0.6 is 15.9 Å². The van der Waals surface area contributed by atoms with Crippen LogP contribution in [0, 0.1) is 6.92 Å². The van der Waals surface area contributed by atoms with Gasteiger partial charge in [-0.1, -0.05) is 17.7 Å². The highest BCUT2D eigenvalue weighted by Crippen LogP contribution is 2.24. The summed E-state index contributed by atoms with van der Waals surface area (Å²) >= 11 is 3.25. The Labute approximate surface area is 126 Å². The molecule has 3 nitrogen and oxygen atoms in total. The number of rotatable bonds is 1. The van der Waals surface area contributed by atoms with Gasteiger partial charge in [0.2, 0.25) is 0 Å². The van der Waals surface area contributed by atoms with Crippen LogP contribution in [0.15, 0.2) is 51.0 Å². The van der Waals surface area contributed by atoms with Crippen LogP contribution in [0.3, 0.4) is 0 Å². The third kappa shape index (κ3) is 2.85. The molecule has 0 N–H and O–H groups in total. The van der Waals surface area contributed by atoms with E-state index in [2.05, 4.69) is 20.9 Å². The number of hydrogen-bond acceptors (Lipinski definition) is 2. The number of aliphatic imine (C=N–C) groups is 1. The molecule has 1 aromatic carbocycles. The van der Waals surface area contributed by atoms with E-state index in [1.807, 2.05) is 19.1 Å². The molecule has 0 atom stereocenters. The normalized spacial score (nSPS) is 17.5. The van der Waals surface area contributed by atoms with Crippen LogP contribution < -0.4 is 0 Å². The summed E-state index contributed by atoms with van der Waals surface area (Å²) in [6.45, 7) is 5.44. The second kappa shape index (κ2) is 5.67. The second-order valence-corrected chi connectivity index (χ2v) is 5.56. The predicted molar refractivity (Wildman–Crippen MR) is 83.3 cm³/mol. The van der Waals surface area contributed by atoms with Gasteiger partial charge in [0.25, 0.3) is 5.91 Å². The Morgan fingerprint density at radius 2 is 1.70 bits per heavy atom. The Bertz CT molecular complexity index is 679. The van der Waals surface area contributed by atoms with Gasteiger partial charge in [-0.2, -0.15) is 0 Å². The molecule has 0 heterocycles. The minimum absolute atomic E-state index is 0.0655. The van der Waals surface area contributed by atoms with Crippen LogP contribution in [-0.4, -0.2) is 17.4 Å². The number of hydrogen-bond donors (Lipinski definition) is 0. The van der Waals surface area contributed by atoms with Gasteiger partial charge in [0.15, 0.2) is 5.78 Å². The number of carbonyl (C=O) groups excluding carboxylic acids is 2. The minimum atomic E-state index is -0.307. The van der Waals surface area contributed by atoms with Crippen molar-refractivity contribution in [2.75, 3.05) is 0 Å². The lowest BCUT2D eigenvalue weighted by Gasteiger charge is -2.12. The molecular weight excluding hydrogens is 318 g/mol. The van der Waals surface area contributed by atoms with Crippen molar-refractivity contribution in [3.05, 3.63) is 57.1 Å². The molecule has 1 amide bonds. The number of benzene rings is 1. The third-order valence-electron chi connectivity index (χ3n) is 3.14. The molecule has 2 rings (SSSR count). The zero-order chi connectivity index (χ0) is 14.9. The maximum absolute atomic E-state index is 12.1. The fourth-order valence-electron chi connectivity index (χ4n) is 1.82. The van der Waals surface area contributed by atoms with Crippen LogP contribution in [0.25, 0.3) is 0 Å². The quantitative estimate of drug-likeness (QED) is 0.735. The monoisotopic (exact) mass is 331 g/mol. The molecule has 0 spiro atoms. The molecule has 0 saturated carbocycles. The Balaban J connectivity index is 2.38. The standard InChI is InChI=1S/C16H14BrNO2/c1-9-4-6-12(7-5-9)16(20)18-13-8-10(2)15(19)14(17)11(13)3/h4-8H,1-3H3. The molecule has 1 aliphatic rings. The SMILES string of the molecule is CC1=CC(=NC(=O)c2ccc(C)cc2)C(C)=C(Br)C1=O. The van der Waals surface area contributed by atoms with E-state index in [-0.39, 0.29) is 11.7 Å². The lowest BCUT2D eigenvalue weighted by Crippen LogP contribution is -2.15. The summed E-state index contributed by atoms with van der Waals surface area (Å²) in [5.41, 5.74) is 3.40. The zero-order valence-electron chi connectivity index (χ0n) is 11.5. The molecule has 1 aliphatic carbocycles. The van der Waals surface area contributed by atoms with E-state index in [0.717, 1.165) is 5.56 Å². The number of carbonyl (C=O) groups is 2. The van der Waals surface area contributed by atoms with Crippen LogP contribution in [0.5, 0.6) is 0 Å². The molecule has 1 aromatic rings. The number of nitrogens with zero attached hydrogens (tertiary/aromatic N) is 1. The highest BCUT2D eigenvalue weighted by Gasteiger charge is 2.21. The van der Waals surface area contributed by atoms with Crippen molar-refractivity contribution in [1.82, 2.24) is 0 Å². The van der Waals surface area contributed by atoms with Crippen molar-refractivity contribution in [3.8, 4) is 0 Å². The van der Waals surface area contributed by atoms with E-state index in [1.165, 1.54) is 0 Å². The number of ketones is 1. The van der Waals surface area contributed by atoms with Gasteiger partial charge < -0.3 is 0 Å². The molecule has 0 aromatic heterocycles. The number of amides is 1. The summed E-state index contributed by atoms with van der Waals surface area (Å²) in [6.07, 6.45) is 1.65. The van der Waals surface area contributed by atoms with Crippen LogP contribution in [0.1, 0.15) is 29.8 Å². The lowest BCUT2D eigenvalue weighted by atomic mass is 9.98. The molecule has 20 heavy (non-hydrogen) atoms. The van der Waals surface area contributed by atoms with E-state index in [0.29, 0.717) is 26.9 Å². The van der Waals surface area contributed by atoms with Crippen LogP contribution in [0.2, 0.25) is 0 Å². The number of halogens is 1. The Morgan fingerprint density at radius 3 is 2.30 bits per heavy atom. The number of allylic oxidation sites excluding steroid dienone is 4. The van der Waals surface area contributed by atoms with Gasteiger partial charge in [0, 0.05) is 5.56 Å². The fourth-order valence-corrected chi connectivity index (χ4v) is 2.34. The smallest absolute Gasteiger partial charge is 0.277 e. The molecule has 0 unspecified atom stereocenters. The molecule has 0 saturated heterocycles. The first-order chi connectivity index (χ1) is 9.40. The Hall–Kier alpha value is -1.81. The fraction of sp³-hybridized carbons (Fsp3) is 0.188. The second-order valence-electron chi connectivity index (χ2n) is 4.76. The molecule has 0 aliphatic heterocycles. The summed E-state index contributed by atoms with van der Waals surface area (Å²) in [5, 5.41) is 0. The van der Waals surface area contributed by atoms with Crippen molar-refractivity contribution < 1.29 is 9.59 Å². The number of Topliss-reactive ketones (excluding diaryl/α,β-unsaturated/α-hetero) is 1. The van der Waals surface area contributed by atoms with Crippen LogP contribution in [-0.2, 0) is 4.79 Å². The lowest BCUT2D eigenvalue weighted by molar-refractivity contribution is -0.111. The average molecular weight is 332 g/mol. The first kappa shape index (κ1) is 14.6. The Kier molecular flexibility index (Phi) is 4.14. The van der Waals surface area contributed by atoms with E-state index in [9.17, 15) is 9.59 Å². The molecule has 0 radical (unpaired) electrons. The summed E-state index contributed by atoms with van der Waals surface area (Å²) in [4.78, 5) is 28.0. The van der Waals surface area contributed by atoms with Crippen molar-refractivity contribution in [3.63, 3.8) is 0 Å². The molecule has 102 valence electrons. The minimum Gasteiger partial charge on any atom is -0.288 e. The van der Waals surface area contributed by atoms with Crippen molar-refractivity contribution in [2.45, 2.75) is 20.8 Å². The van der Waals surface area contributed by atoms with E-state index in [4.69, 9.17) is 0 Å². The summed E-state index contributed by atoms with van der Waals surface area (Å²) in [6, 6.07) is 7.25. The van der Waals surface area contributed by atoms with Gasteiger partial charge >= 0.3 is 0 Å². The van der Waals surface area contributed by atoms with Gasteiger partial charge in [-0.05, 0) is 66.1 Å². The first-order valence-corrected chi connectivity index (χ1v) is 6.99. The van der Waals surface area contributed by atoms with Crippen LogP contribution in [0.4, 0.5) is 0 Å². The van der Waals surface area contributed by atoms with E-state index >= 15 is 0 Å². The largest absolute Gasteiger partial charge is 0.288 e. The van der Waals surface area contributed by atoms with Crippen molar-refractivity contribution >= 4 is 33.3 Å². The third-order valence-corrected chi connectivity index (χ3v) is 4.10. The first-order valence-electron chi connectivity index (χ1n) is 6.19. The highest BCUT2D eigenvalue weighted by molar-refractivity contribution is 9.12. The molecule has 4 heteroatoms. The average Bonchev–Trinajstić information content (AvgIpc) is 2.43. The van der Waals surface area contributed by atoms with Gasteiger partial charge in [-0.15, -0.1) is 0 Å². The highest BCUT2D eigenvalue weighted by atomic mass is 79.9. The maximum atomic E-state index is 12.1. The summed E-state index contributed by atoms with van der Waals surface area (Å²) < 4.78 is 0.466. The van der Waals surface area contributed by atoms with Gasteiger partial charge in [0.05, 0.1) is 10.2 Å². The molecular formula is C16H14BrNO2. The zero-order valence-corrected chi connectivity index (χ0v) is 13.1. The van der Waals surface area contributed by atoms with E-state index < -0.39 is 0 Å². The summed E-state index contributed by atoms with van der Waals surface area (Å²) in [5.74, 6) is -0.373. The predicted octanol–water partition coefficient (Wildman–Crippen LogP) is 3.77. The molecule has 0 bridgehead atoms. The van der Waals surface area contributed by atoms with E-state index in [1.54, 1.807) is 32.1 Å². The van der Waals surface area contributed by atoms with Gasteiger partial charge in [-0.3, -0.25) is 9.59 Å². The van der Waals surface area contributed by atoms with Crippen molar-refractivity contribution in [2.24, 2.45) is 4.99 Å².